The number of hydrogen-bond acceptors (Lipinski definition) is 0. The van der Waals surface area contributed by atoms with E-state index in [0.717, 1.165) is 5.92 Å². The van der Waals surface area contributed by atoms with Crippen molar-refractivity contribution in [2.75, 3.05) is 0 Å². The van der Waals surface area contributed by atoms with Crippen molar-refractivity contribution in [2.45, 2.75) is 44.4 Å². The van der Waals surface area contributed by atoms with Crippen LogP contribution in [0, 0.1) is 5.92 Å². The first-order valence-electron chi connectivity index (χ1n) is 5.95. The molecule has 0 heterocycles. The van der Waals surface area contributed by atoms with Crippen LogP contribution in [-0.2, 0) is 6.42 Å². The molecule has 1 rings (SSSR count). The first-order valence-corrected chi connectivity index (χ1v) is 6.87. The van der Waals surface area contributed by atoms with Gasteiger partial charge in [0.1, 0.15) is 0 Å². The monoisotopic (exact) mass is 268 g/mol. The second kappa shape index (κ2) is 7.05. The predicted molar refractivity (Wildman–Crippen MR) is 71.6 cm³/mol. The van der Waals surface area contributed by atoms with E-state index in [-0.39, 0.29) is 0 Å². The minimum atomic E-state index is 0.674. The van der Waals surface area contributed by atoms with Gasteiger partial charge in [-0.05, 0) is 24.3 Å². The molecular formula is C14H21Br. The maximum Gasteiger partial charge on any atom is 0.0177 e. The summed E-state index contributed by atoms with van der Waals surface area (Å²) in [5, 5.41) is 0. The average molecular weight is 269 g/mol. The van der Waals surface area contributed by atoms with Crippen molar-refractivity contribution in [3.05, 3.63) is 35.9 Å². The molecule has 2 unspecified atom stereocenters. The Labute approximate surface area is 102 Å². The summed E-state index contributed by atoms with van der Waals surface area (Å²) in [5.74, 6) is 0.771. The van der Waals surface area contributed by atoms with E-state index in [1.54, 1.807) is 0 Å². The molecule has 0 amide bonds. The molecular weight excluding hydrogens is 248 g/mol. The van der Waals surface area contributed by atoms with Gasteiger partial charge in [-0.3, -0.25) is 0 Å². The number of halogens is 1. The summed E-state index contributed by atoms with van der Waals surface area (Å²) in [4.78, 5) is 0.674. The summed E-state index contributed by atoms with van der Waals surface area (Å²) in [5.41, 5.74) is 1.46. The highest BCUT2D eigenvalue weighted by atomic mass is 79.9. The van der Waals surface area contributed by atoms with Gasteiger partial charge in [0.05, 0.1) is 0 Å². The Morgan fingerprint density at radius 2 is 1.80 bits per heavy atom. The first-order chi connectivity index (χ1) is 7.27. The van der Waals surface area contributed by atoms with Gasteiger partial charge < -0.3 is 0 Å². The van der Waals surface area contributed by atoms with E-state index in [0.29, 0.717) is 4.83 Å². The predicted octanol–water partition coefficient (Wildman–Crippen LogP) is 4.82. The summed E-state index contributed by atoms with van der Waals surface area (Å²) < 4.78 is 0. The first kappa shape index (κ1) is 12.8. The van der Waals surface area contributed by atoms with Crippen molar-refractivity contribution < 1.29 is 0 Å². The van der Waals surface area contributed by atoms with Crippen molar-refractivity contribution >= 4 is 15.9 Å². The normalized spacial score (nSPS) is 14.9. The standard InChI is InChI=1S/C14H21Br/c1-3-8-14(15)13(4-2)11-12-9-6-5-7-10-12/h5-7,9-10,13-14H,3-4,8,11H2,1-2H3. The Morgan fingerprint density at radius 3 is 2.33 bits per heavy atom. The topological polar surface area (TPSA) is 0 Å². The number of rotatable bonds is 6. The number of hydrogen-bond donors (Lipinski definition) is 0. The quantitative estimate of drug-likeness (QED) is 0.649. The maximum absolute atomic E-state index is 3.82. The van der Waals surface area contributed by atoms with Crippen LogP contribution in [0.4, 0.5) is 0 Å². The molecule has 84 valence electrons. The lowest BCUT2D eigenvalue weighted by molar-refractivity contribution is 0.469. The van der Waals surface area contributed by atoms with E-state index in [1.165, 1.54) is 31.2 Å². The molecule has 1 aromatic rings. The maximum atomic E-state index is 3.82. The molecule has 0 aliphatic rings. The highest BCUT2D eigenvalue weighted by Crippen LogP contribution is 2.25. The molecule has 0 aliphatic carbocycles. The molecule has 0 radical (unpaired) electrons. The van der Waals surface area contributed by atoms with Gasteiger partial charge in [-0.25, -0.2) is 0 Å². The summed E-state index contributed by atoms with van der Waals surface area (Å²) >= 11 is 3.82. The van der Waals surface area contributed by atoms with Crippen LogP contribution >= 0.6 is 15.9 Å². The van der Waals surface area contributed by atoms with Crippen LogP contribution < -0.4 is 0 Å². The van der Waals surface area contributed by atoms with Crippen molar-refractivity contribution in [3.63, 3.8) is 0 Å². The zero-order valence-electron chi connectivity index (χ0n) is 9.75. The van der Waals surface area contributed by atoms with Gasteiger partial charge in [-0.1, -0.05) is 73.0 Å². The highest BCUT2D eigenvalue weighted by molar-refractivity contribution is 9.09. The van der Waals surface area contributed by atoms with Gasteiger partial charge in [-0.15, -0.1) is 0 Å². The molecule has 0 nitrogen and oxygen atoms in total. The van der Waals surface area contributed by atoms with Crippen molar-refractivity contribution in [3.8, 4) is 0 Å². The second-order valence-electron chi connectivity index (χ2n) is 4.16. The van der Waals surface area contributed by atoms with Crippen LogP contribution in [0.3, 0.4) is 0 Å². The fourth-order valence-electron chi connectivity index (χ4n) is 1.96. The summed E-state index contributed by atoms with van der Waals surface area (Å²) in [7, 11) is 0. The Hall–Kier alpha value is -0.300. The third kappa shape index (κ3) is 4.38. The van der Waals surface area contributed by atoms with Gasteiger partial charge in [0.2, 0.25) is 0 Å². The molecule has 1 heteroatoms. The van der Waals surface area contributed by atoms with Gasteiger partial charge in [0.15, 0.2) is 0 Å². The molecule has 0 aliphatic heterocycles. The lowest BCUT2D eigenvalue weighted by Gasteiger charge is -2.20. The summed E-state index contributed by atoms with van der Waals surface area (Å²) in [6, 6.07) is 10.8. The number of alkyl halides is 1. The molecule has 0 aromatic heterocycles. The van der Waals surface area contributed by atoms with E-state index in [4.69, 9.17) is 0 Å². The highest BCUT2D eigenvalue weighted by Gasteiger charge is 2.16. The fraction of sp³-hybridized carbons (Fsp3) is 0.571. The molecule has 0 saturated carbocycles. The molecule has 0 spiro atoms. The minimum Gasteiger partial charge on any atom is -0.0888 e. The van der Waals surface area contributed by atoms with Crippen molar-refractivity contribution in [1.82, 2.24) is 0 Å². The number of benzene rings is 1. The van der Waals surface area contributed by atoms with E-state index in [1.807, 2.05) is 0 Å². The van der Waals surface area contributed by atoms with E-state index < -0.39 is 0 Å². The largest absolute Gasteiger partial charge is 0.0888 e. The molecule has 0 fully saturated rings. The Morgan fingerprint density at radius 1 is 1.13 bits per heavy atom. The average Bonchev–Trinajstić information content (AvgIpc) is 2.27. The van der Waals surface area contributed by atoms with E-state index in [9.17, 15) is 0 Å². The smallest absolute Gasteiger partial charge is 0.0177 e. The zero-order valence-corrected chi connectivity index (χ0v) is 11.3. The molecule has 1 aromatic carbocycles. The van der Waals surface area contributed by atoms with Crippen LogP contribution in [-0.4, -0.2) is 4.83 Å². The van der Waals surface area contributed by atoms with Crippen LogP contribution in [0.25, 0.3) is 0 Å². The van der Waals surface area contributed by atoms with Crippen LogP contribution in [0.2, 0.25) is 0 Å². The third-order valence-electron chi connectivity index (χ3n) is 2.94. The fourth-order valence-corrected chi connectivity index (χ4v) is 2.97. The molecule has 0 bridgehead atoms. The Kier molecular flexibility index (Phi) is 6.00. The minimum absolute atomic E-state index is 0.674. The lowest BCUT2D eigenvalue weighted by atomic mass is 9.92. The van der Waals surface area contributed by atoms with Gasteiger partial charge in [0, 0.05) is 4.83 Å². The molecule has 0 N–H and O–H groups in total. The molecule has 0 saturated heterocycles. The van der Waals surface area contributed by atoms with Crippen molar-refractivity contribution in [1.29, 1.82) is 0 Å². The second-order valence-corrected chi connectivity index (χ2v) is 5.34. The summed E-state index contributed by atoms with van der Waals surface area (Å²) in [6.07, 6.45) is 5.00. The van der Waals surface area contributed by atoms with Gasteiger partial charge in [0.25, 0.3) is 0 Å². The molecule has 2 atom stereocenters. The molecule has 15 heavy (non-hydrogen) atoms. The van der Waals surface area contributed by atoms with Crippen molar-refractivity contribution in [2.24, 2.45) is 5.92 Å². The lowest BCUT2D eigenvalue weighted by Crippen LogP contribution is -2.16. The van der Waals surface area contributed by atoms with Gasteiger partial charge in [-0.2, -0.15) is 0 Å². The summed E-state index contributed by atoms with van der Waals surface area (Å²) in [6.45, 7) is 4.54. The zero-order chi connectivity index (χ0) is 11.1. The van der Waals surface area contributed by atoms with Crippen LogP contribution in [0.15, 0.2) is 30.3 Å². The van der Waals surface area contributed by atoms with Gasteiger partial charge >= 0.3 is 0 Å². The van der Waals surface area contributed by atoms with E-state index in [2.05, 4.69) is 60.1 Å². The Bertz CT molecular complexity index is 255. The SMILES string of the molecule is CCCC(Br)C(CC)Cc1ccccc1. The van der Waals surface area contributed by atoms with E-state index >= 15 is 0 Å². The van der Waals surface area contributed by atoms with Crippen LogP contribution in [0.5, 0.6) is 0 Å². The Balaban J connectivity index is 2.53. The third-order valence-corrected chi connectivity index (χ3v) is 4.15. The van der Waals surface area contributed by atoms with Crippen LogP contribution in [0.1, 0.15) is 38.7 Å².